The number of aryl methyl sites for hydroxylation is 1. The second kappa shape index (κ2) is 8.09. The second-order valence-electron chi connectivity index (χ2n) is 6.92. The molecule has 2 aliphatic heterocycles. The molecule has 2 aromatic rings. The number of carbonyl (C=O) groups excluding carboxylic acids is 1. The Balaban J connectivity index is 1.80. The fourth-order valence-corrected chi connectivity index (χ4v) is 4.60. The van der Waals surface area contributed by atoms with Crippen molar-refractivity contribution >= 4 is 40.2 Å². The van der Waals surface area contributed by atoms with Gasteiger partial charge < -0.3 is 9.64 Å². The van der Waals surface area contributed by atoms with Crippen LogP contribution >= 0.6 is 23.4 Å². The molecule has 0 spiro atoms. The van der Waals surface area contributed by atoms with E-state index in [0.717, 1.165) is 27.7 Å². The third kappa shape index (κ3) is 3.85. The number of fused-ring (bicyclic) bond motifs is 1. The normalized spacial score (nSPS) is 18.3. The number of hydrogen-bond donors (Lipinski definition) is 0. The molecule has 0 saturated carbocycles. The molecule has 0 N–H and O–H groups in total. The zero-order valence-electron chi connectivity index (χ0n) is 16.5. The third-order valence-corrected chi connectivity index (χ3v) is 6.31. The molecule has 1 unspecified atom stereocenters. The first kappa shape index (κ1) is 19.8. The molecule has 4 nitrogen and oxygen atoms in total. The maximum atomic E-state index is 12.5. The number of ether oxygens (including phenoxy) is 1. The van der Waals surface area contributed by atoms with Crippen LogP contribution in [0.3, 0.4) is 0 Å². The van der Waals surface area contributed by atoms with Crippen molar-refractivity contribution in [2.75, 3.05) is 6.61 Å². The summed E-state index contributed by atoms with van der Waals surface area (Å²) in [7, 11) is 0. The Morgan fingerprint density at radius 2 is 1.83 bits per heavy atom. The zero-order chi connectivity index (χ0) is 20.5. The molecule has 0 aliphatic carbocycles. The van der Waals surface area contributed by atoms with E-state index in [-0.39, 0.29) is 12.0 Å². The topological polar surface area (TPSA) is 41.9 Å². The summed E-state index contributed by atoms with van der Waals surface area (Å²) in [5.41, 5.74) is 5.07. The lowest BCUT2D eigenvalue weighted by atomic mass is 10.00. The van der Waals surface area contributed by atoms with Gasteiger partial charge in [0.1, 0.15) is 4.91 Å². The highest BCUT2D eigenvalue weighted by Crippen LogP contribution is 2.45. The highest BCUT2D eigenvalue weighted by molar-refractivity contribution is 8.18. The molecule has 6 heteroatoms. The SMILES string of the molecule is CCOC(=O)C1=C(C)N2C(=NC(c3ccc(C)cc3)=CC2c2ccc(Cl)cc2)S1. The van der Waals surface area contributed by atoms with Crippen LogP contribution in [-0.4, -0.2) is 22.6 Å². The van der Waals surface area contributed by atoms with E-state index in [1.165, 1.54) is 17.3 Å². The smallest absolute Gasteiger partial charge is 0.346 e. The van der Waals surface area contributed by atoms with Crippen LogP contribution in [0.5, 0.6) is 0 Å². The second-order valence-corrected chi connectivity index (χ2v) is 8.33. The molecule has 1 atom stereocenters. The summed E-state index contributed by atoms with van der Waals surface area (Å²) in [5, 5.41) is 1.47. The van der Waals surface area contributed by atoms with E-state index in [4.69, 9.17) is 21.3 Å². The molecule has 0 radical (unpaired) electrons. The van der Waals surface area contributed by atoms with Gasteiger partial charge in [0.05, 0.1) is 18.3 Å². The van der Waals surface area contributed by atoms with E-state index in [0.29, 0.717) is 16.5 Å². The lowest BCUT2D eigenvalue weighted by Gasteiger charge is -2.32. The van der Waals surface area contributed by atoms with Crippen molar-refractivity contribution in [2.24, 2.45) is 4.99 Å². The number of thioether (sulfide) groups is 1. The fourth-order valence-electron chi connectivity index (χ4n) is 3.41. The van der Waals surface area contributed by atoms with Crippen molar-refractivity contribution in [1.29, 1.82) is 0 Å². The summed E-state index contributed by atoms with van der Waals surface area (Å²) in [6.45, 7) is 6.16. The monoisotopic (exact) mass is 424 g/mol. The van der Waals surface area contributed by atoms with Crippen molar-refractivity contribution in [1.82, 2.24) is 4.90 Å². The summed E-state index contributed by atoms with van der Waals surface area (Å²) in [4.78, 5) is 20.0. The van der Waals surface area contributed by atoms with Crippen LogP contribution in [0, 0.1) is 6.92 Å². The third-order valence-electron chi connectivity index (χ3n) is 4.92. The molecule has 0 aromatic heterocycles. The first-order chi connectivity index (χ1) is 14.0. The Bertz CT molecular complexity index is 1040. The average Bonchev–Trinajstić information content (AvgIpc) is 3.05. The molecule has 0 bridgehead atoms. The molecule has 2 aromatic carbocycles. The molecule has 0 amide bonds. The number of nitrogens with zero attached hydrogens (tertiary/aromatic N) is 2. The first-order valence-electron chi connectivity index (χ1n) is 9.46. The van der Waals surface area contributed by atoms with Crippen molar-refractivity contribution in [3.63, 3.8) is 0 Å². The number of carbonyl (C=O) groups is 1. The Morgan fingerprint density at radius 1 is 1.14 bits per heavy atom. The van der Waals surface area contributed by atoms with Crippen LogP contribution in [0.2, 0.25) is 5.02 Å². The van der Waals surface area contributed by atoms with Crippen molar-refractivity contribution < 1.29 is 9.53 Å². The van der Waals surface area contributed by atoms with Gasteiger partial charge in [0.2, 0.25) is 0 Å². The summed E-state index contributed by atoms with van der Waals surface area (Å²) in [6, 6.07) is 16.0. The first-order valence-corrected chi connectivity index (χ1v) is 10.7. The van der Waals surface area contributed by atoms with Gasteiger partial charge in [-0.25, -0.2) is 9.79 Å². The van der Waals surface area contributed by atoms with Gasteiger partial charge in [0, 0.05) is 10.7 Å². The maximum Gasteiger partial charge on any atom is 0.346 e. The van der Waals surface area contributed by atoms with E-state index in [1.54, 1.807) is 0 Å². The highest BCUT2D eigenvalue weighted by Gasteiger charge is 2.38. The van der Waals surface area contributed by atoms with Crippen LogP contribution < -0.4 is 0 Å². The van der Waals surface area contributed by atoms with Gasteiger partial charge in [-0.1, -0.05) is 53.6 Å². The molecule has 148 valence electrons. The van der Waals surface area contributed by atoms with Gasteiger partial charge >= 0.3 is 5.97 Å². The minimum absolute atomic E-state index is 0.0875. The van der Waals surface area contributed by atoms with Gasteiger partial charge in [-0.05, 0) is 61.9 Å². The number of aliphatic imine (C=N–C) groups is 1. The summed E-state index contributed by atoms with van der Waals surface area (Å²) >= 11 is 7.47. The quantitative estimate of drug-likeness (QED) is 0.569. The van der Waals surface area contributed by atoms with Crippen molar-refractivity contribution in [3.8, 4) is 0 Å². The Labute approximate surface area is 179 Å². The number of esters is 1. The van der Waals surface area contributed by atoms with Crippen LogP contribution in [0.4, 0.5) is 0 Å². The van der Waals surface area contributed by atoms with Gasteiger partial charge in [-0.15, -0.1) is 0 Å². The van der Waals surface area contributed by atoms with Crippen molar-refractivity contribution in [2.45, 2.75) is 26.8 Å². The summed E-state index contributed by atoms with van der Waals surface area (Å²) in [6.07, 6.45) is 2.13. The van der Waals surface area contributed by atoms with Gasteiger partial charge in [0.15, 0.2) is 5.17 Å². The maximum absolute atomic E-state index is 12.5. The van der Waals surface area contributed by atoms with Crippen LogP contribution in [0.25, 0.3) is 5.70 Å². The number of amidine groups is 1. The minimum atomic E-state index is -0.307. The van der Waals surface area contributed by atoms with E-state index in [1.807, 2.05) is 38.1 Å². The molecular formula is C23H21ClN2O2S. The van der Waals surface area contributed by atoms with Crippen LogP contribution in [-0.2, 0) is 9.53 Å². The van der Waals surface area contributed by atoms with Gasteiger partial charge in [0.25, 0.3) is 0 Å². The summed E-state index contributed by atoms with van der Waals surface area (Å²) < 4.78 is 5.25. The Hall–Kier alpha value is -2.50. The molecule has 0 saturated heterocycles. The number of halogens is 1. The van der Waals surface area contributed by atoms with Crippen LogP contribution in [0.15, 0.2) is 70.2 Å². The van der Waals surface area contributed by atoms with Gasteiger partial charge in [-0.3, -0.25) is 0 Å². The van der Waals surface area contributed by atoms with E-state index in [9.17, 15) is 4.79 Å². The fraction of sp³-hybridized carbons (Fsp3) is 0.217. The standard InChI is InChI=1S/C23H21ClN2O2S/c1-4-28-22(27)21-15(3)26-20(17-9-11-18(24)12-10-17)13-19(25-23(26)29-21)16-7-5-14(2)6-8-16/h5-13,20H,4H2,1-3H3. The molecule has 0 fully saturated rings. The average molecular weight is 425 g/mol. The predicted molar refractivity (Wildman–Crippen MR) is 120 cm³/mol. The largest absolute Gasteiger partial charge is 0.462 e. The lowest BCUT2D eigenvalue weighted by Crippen LogP contribution is -2.30. The van der Waals surface area contributed by atoms with E-state index < -0.39 is 0 Å². The van der Waals surface area contributed by atoms with Crippen LogP contribution in [0.1, 0.15) is 36.6 Å². The number of rotatable bonds is 4. The lowest BCUT2D eigenvalue weighted by molar-refractivity contribution is -0.137. The summed E-state index contributed by atoms with van der Waals surface area (Å²) in [5.74, 6) is -0.307. The van der Waals surface area contributed by atoms with Crippen molar-refractivity contribution in [3.05, 3.63) is 86.9 Å². The zero-order valence-corrected chi connectivity index (χ0v) is 18.1. The molecule has 4 rings (SSSR count). The molecule has 29 heavy (non-hydrogen) atoms. The van der Waals surface area contributed by atoms with E-state index in [2.05, 4.69) is 42.2 Å². The number of allylic oxidation sites excluding steroid dienone is 1. The highest BCUT2D eigenvalue weighted by atomic mass is 35.5. The predicted octanol–water partition coefficient (Wildman–Crippen LogP) is 5.94. The van der Waals surface area contributed by atoms with Gasteiger partial charge in [-0.2, -0.15) is 0 Å². The Morgan fingerprint density at radius 3 is 2.48 bits per heavy atom. The minimum Gasteiger partial charge on any atom is -0.462 e. The molecule has 2 aliphatic rings. The molecular weight excluding hydrogens is 404 g/mol. The Kier molecular flexibility index (Phi) is 5.52. The number of hydrogen-bond acceptors (Lipinski definition) is 5. The number of benzene rings is 2. The van der Waals surface area contributed by atoms with E-state index >= 15 is 0 Å². The molecule has 2 heterocycles.